The number of aromatic nitrogens is 2. The molecule has 1 saturated heterocycles. The fourth-order valence-electron chi connectivity index (χ4n) is 3.60. The smallest absolute Gasteiger partial charge is 0.411 e. The normalized spacial score (nSPS) is 16.0. The molecule has 0 aliphatic carbocycles. The minimum absolute atomic E-state index is 0.0448. The van der Waals surface area contributed by atoms with Crippen molar-refractivity contribution in [3.8, 4) is 0 Å². The average molecular weight is 358 g/mol. The van der Waals surface area contributed by atoms with E-state index in [-0.39, 0.29) is 5.41 Å². The van der Waals surface area contributed by atoms with E-state index < -0.39 is 6.09 Å². The van der Waals surface area contributed by atoms with Gasteiger partial charge in [0.1, 0.15) is 5.82 Å². The van der Waals surface area contributed by atoms with Crippen molar-refractivity contribution in [1.82, 2.24) is 14.5 Å². The number of ether oxygens (including phenoxy) is 1. The van der Waals surface area contributed by atoms with Crippen molar-refractivity contribution in [2.75, 3.05) is 32.1 Å². The van der Waals surface area contributed by atoms with E-state index in [4.69, 9.17) is 4.98 Å². The molecule has 1 aromatic heterocycles. The number of hydrogen-bond donors (Lipinski definition) is 1. The van der Waals surface area contributed by atoms with E-state index in [1.165, 1.54) is 39.5 Å². The Hall–Kier alpha value is -2.08. The fourth-order valence-corrected chi connectivity index (χ4v) is 3.60. The molecule has 0 radical (unpaired) electrons. The second-order valence-corrected chi connectivity index (χ2v) is 8.06. The molecule has 0 spiro atoms. The summed E-state index contributed by atoms with van der Waals surface area (Å²) in [5.41, 5.74) is 2.67. The number of methoxy groups -OCH3 is 1. The number of amides is 1. The van der Waals surface area contributed by atoms with Crippen LogP contribution in [0, 0.1) is 0 Å². The Bertz CT molecular complexity index is 770. The first-order chi connectivity index (χ1) is 12.4. The monoisotopic (exact) mass is 358 g/mol. The lowest BCUT2D eigenvalue weighted by molar-refractivity contribution is 0.187. The molecule has 2 aromatic rings. The minimum atomic E-state index is -0.468. The number of carbonyl (C=O) groups is 1. The van der Waals surface area contributed by atoms with E-state index in [9.17, 15) is 4.79 Å². The highest BCUT2D eigenvalue weighted by Crippen LogP contribution is 2.28. The summed E-state index contributed by atoms with van der Waals surface area (Å²) in [4.78, 5) is 18.9. The molecule has 1 fully saturated rings. The zero-order chi connectivity index (χ0) is 18.7. The van der Waals surface area contributed by atoms with Crippen molar-refractivity contribution in [2.45, 2.75) is 52.0 Å². The molecule has 6 nitrogen and oxygen atoms in total. The maximum Gasteiger partial charge on any atom is 0.411 e. The third-order valence-electron chi connectivity index (χ3n) is 4.94. The number of carbonyl (C=O) groups excluding carboxylic acids is 1. The van der Waals surface area contributed by atoms with Crippen LogP contribution in [-0.2, 0) is 16.7 Å². The highest BCUT2D eigenvalue weighted by atomic mass is 16.5. The Kier molecular flexibility index (Phi) is 5.51. The quantitative estimate of drug-likeness (QED) is 0.897. The molecule has 0 saturated carbocycles. The second-order valence-electron chi connectivity index (χ2n) is 8.06. The number of nitrogens with one attached hydrogen (secondary N) is 1. The third kappa shape index (κ3) is 4.18. The first-order valence-electron chi connectivity index (χ1n) is 9.46. The van der Waals surface area contributed by atoms with E-state index in [0.29, 0.717) is 5.69 Å². The predicted molar refractivity (Wildman–Crippen MR) is 105 cm³/mol. The molecule has 2 heterocycles. The van der Waals surface area contributed by atoms with Crippen LogP contribution in [0.15, 0.2) is 18.2 Å². The van der Waals surface area contributed by atoms with Crippen LogP contribution in [0.5, 0.6) is 0 Å². The zero-order valence-electron chi connectivity index (χ0n) is 16.3. The number of nitrogens with zero attached hydrogens (tertiary/aromatic N) is 3. The maximum absolute atomic E-state index is 11.5. The van der Waals surface area contributed by atoms with E-state index >= 15 is 0 Å². The van der Waals surface area contributed by atoms with E-state index in [0.717, 1.165) is 29.9 Å². The number of hydrogen-bond acceptors (Lipinski definition) is 4. The number of fused-ring (bicyclic) bond motifs is 1. The average Bonchev–Trinajstić information content (AvgIpc) is 2.99. The molecular weight excluding hydrogens is 328 g/mol. The molecule has 142 valence electrons. The summed E-state index contributed by atoms with van der Waals surface area (Å²) in [6.07, 6.45) is 3.50. The number of imidazole rings is 1. The number of piperidine rings is 1. The van der Waals surface area contributed by atoms with Gasteiger partial charge in [0, 0.05) is 24.2 Å². The molecule has 1 aliphatic heterocycles. The van der Waals surface area contributed by atoms with Gasteiger partial charge in [-0.15, -0.1) is 0 Å². The molecule has 6 heteroatoms. The number of anilines is 1. The van der Waals surface area contributed by atoms with Gasteiger partial charge in [0.2, 0.25) is 0 Å². The van der Waals surface area contributed by atoms with Gasteiger partial charge in [-0.2, -0.15) is 0 Å². The Labute approximate surface area is 155 Å². The van der Waals surface area contributed by atoms with Gasteiger partial charge in [-0.05, 0) is 44.1 Å². The van der Waals surface area contributed by atoms with Gasteiger partial charge in [0.05, 0.1) is 18.1 Å². The maximum atomic E-state index is 11.5. The SMILES string of the molecule is COC(=O)Nc1ccc2c(c1)nc(C(C)(C)C)n2CCN1CCCCC1. The first kappa shape index (κ1) is 18.7. The summed E-state index contributed by atoms with van der Waals surface area (Å²) in [5.74, 6) is 1.08. The Morgan fingerprint density at radius 1 is 1.19 bits per heavy atom. The number of rotatable bonds is 4. The van der Waals surface area contributed by atoms with Crippen molar-refractivity contribution in [3.63, 3.8) is 0 Å². The lowest BCUT2D eigenvalue weighted by Crippen LogP contribution is -2.33. The highest BCUT2D eigenvalue weighted by molar-refractivity contribution is 5.89. The summed E-state index contributed by atoms with van der Waals surface area (Å²) >= 11 is 0. The van der Waals surface area contributed by atoms with Crippen LogP contribution in [0.1, 0.15) is 45.9 Å². The van der Waals surface area contributed by atoms with E-state index in [2.05, 4.69) is 40.3 Å². The predicted octanol–water partition coefficient (Wildman–Crippen LogP) is 4.00. The summed E-state index contributed by atoms with van der Waals surface area (Å²) in [5, 5.41) is 2.72. The largest absolute Gasteiger partial charge is 0.453 e. The van der Waals surface area contributed by atoms with Gasteiger partial charge in [-0.1, -0.05) is 27.2 Å². The van der Waals surface area contributed by atoms with Crippen molar-refractivity contribution < 1.29 is 9.53 Å². The van der Waals surface area contributed by atoms with Crippen LogP contribution in [-0.4, -0.2) is 47.3 Å². The van der Waals surface area contributed by atoms with Crippen LogP contribution in [0.25, 0.3) is 11.0 Å². The van der Waals surface area contributed by atoms with Crippen LogP contribution < -0.4 is 5.32 Å². The lowest BCUT2D eigenvalue weighted by Gasteiger charge is -2.28. The topological polar surface area (TPSA) is 59.4 Å². The van der Waals surface area contributed by atoms with Gasteiger partial charge < -0.3 is 14.2 Å². The molecule has 1 amide bonds. The van der Waals surface area contributed by atoms with Crippen LogP contribution in [0.2, 0.25) is 0 Å². The summed E-state index contributed by atoms with van der Waals surface area (Å²) in [7, 11) is 1.36. The third-order valence-corrected chi connectivity index (χ3v) is 4.94. The van der Waals surface area contributed by atoms with Crippen LogP contribution in [0.3, 0.4) is 0 Å². The number of likely N-dealkylation sites (tertiary alicyclic amines) is 1. The van der Waals surface area contributed by atoms with Crippen molar-refractivity contribution in [2.24, 2.45) is 0 Å². The Morgan fingerprint density at radius 3 is 2.58 bits per heavy atom. The lowest BCUT2D eigenvalue weighted by atomic mass is 9.95. The van der Waals surface area contributed by atoms with Crippen molar-refractivity contribution in [3.05, 3.63) is 24.0 Å². The van der Waals surface area contributed by atoms with E-state index in [1.54, 1.807) is 0 Å². The van der Waals surface area contributed by atoms with Crippen LogP contribution in [0.4, 0.5) is 10.5 Å². The van der Waals surface area contributed by atoms with Crippen molar-refractivity contribution in [1.29, 1.82) is 0 Å². The van der Waals surface area contributed by atoms with Crippen LogP contribution >= 0.6 is 0 Å². The second kappa shape index (κ2) is 7.66. The van der Waals surface area contributed by atoms with Gasteiger partial charge in [0.15, 0.2) is 0 Å². The summed E-state index contributed by atoms with van der Waals surface area (Å²) in [6, 6.07) is 5.86. The van der Waals surface area contributed by atoms with Gasteiger partial charge in [-0.3, -0.25) is 5.32 Å². The van der Waals surface area contributed by atoms with Gasteiger partial charge >= 0.3 is 6.09 Å². The summed E-state index contributed by atoms with van der Waals surface area (Å²) in [6.45, 7) is 11.0. The molecule has 0 atom stereocenters. The Morgan fingerprint density at radius 2 is 1.92 bits per heavy atom. The zero-order valence-corrected chi connectivity index (χ0v) is 16.3. The molecular formula is C20H30N4O2. The molecule has 1 N–H and O–H groups in total. The molecule has 26 heavy (non-hydrogen) atoms. The number of benzene rings is 1. The summed E-state index contributed by atoms with van der Waals surface area (Å²) < 4.78 is 7.01. The molecule has 0 bridgehead atoms. The molecule has 0 unspecified atom stereocenters. The molecule has 3 rings (SSSR count). The first-order valence-corrected chi connectivity index (χ1v) is 9.46. The molecule has 1 aliphatic rings. The van der Waals surface area contributed by atoms with Crippen molar-refractivity contribution >= 4 is 22.8 Å². The highest BCUT2D eigenvalue weighted by Gasteiger charge is 2.23. The minimum Gasteiger partial charge on any atom is -0.453 e. The molecule has 1 aromatic carbocycles. The van der Waals surface area contributed by atoms with Gasteiger partial charge in [-0.25, -0.2) is 9.78 Å². The van der Waals surface area contributed by atoms with E-state index in [1.807, 2.05) is 18.2 Å². The fraction of sp³-hybridized carbons (Fsp3) is 0.600. The Balaban J connectivity index is 1.89. The standard InChI is InChI=1S/C20H30N4O2/c1-20(2,3)18-22-16-14-15(21-19(25)26-4)8-9-17(16)24(18)13-12-23-10-6-5-7-11-23/h8-9,14H,5-7,10-13H2,1-4H3,(H,21,25). The van der Waals surface area contributed by atoms with Gasteiger partial charge in [0.25, 0.3) is 0 Å².